The second kappa shape index (κ2) is 40.3. The molecule has 0 aromatic rings. The lowest BCUT2D eigenvalue weighted by atomic mass is 10.0. The van der Waals surface area contributed by atoms with Crippen LogP contribution < -0.4 is 5.32 Å². The largest absolute Gasteiger partial charge is 0.394 e. The van der Waals surface area contributed by atoms with E-state index in [-0.39, 0.29) is 18.9 Å². The molecule has 0 aliphatic rings. The van der Waals surface area contributed by atoms with Gasteiger partial charge in [-0.15, -0.1) is 0 Å². The fourth-order valence-electron chi connectivity index (χ4n) is 6.67. The summed E-state index contributed by atoms with van der Waals surface area (Å²) >= 11 is 0. The Bertz CT molecular complexity index is 779. The van der Waals surface area contributed by atoms with Gasteiger partial charge in [-0.1, -0.05) is 210 Å². The fourth-order valence-corrected chi connectivity index (χ4v) is 6.67. The van der Waals surface area contributed by atoms with Crippen LogP contribution in [0.15, 0.2) is 36.5 Å². The lowest BCUT2D eigenvalue weighted by Crippen LogP contribution is -2.45. The molecule has 0 fully saturated rings. The van der Waals surface area contributed by atoms with Gasteiger partial charge >= 0.3 is 0 Å². The molecule has 0 spiro atoms. The molecule has 3 unspecified atom stereocenters. The van der Waals surface area contributed by atoms with Crippen molar-refractivity contribution in [1.82, 2.24) is 5.32 Å². The van der Waals surface area contributed by atoms with Gasteiger partial charge in [0.25, 0.3) is 0 Å². The van der Waals surface area contributed by atoms with Crippen LogP contribution in [-0.4, -0.2) is 46.1 Å². The molecule has 0 aromatic heterocycles. The molecule has 0 aliphatic carbocycles. The molecule has 5 nitrogen and oxygen atoms in total. The zero-order valence-electron chi connectivity index (χ0n) is 33.3. The van der Waals surface area contributed by atoms with Crippen molar-refractivity contribution in [3.05, 3.63) is 36.5 Å². The number of hydrogen-bond acceptors (Lipinski definition) is 4. The van der Waals surface area contributed by atoms with Crippen LogP contribution in [0.4, 0.5) is 0 Å². The number of nitrogens with one attached hydrogen (secondary N) is 1. The van der Waals surface area contributed by atoms with Gasteiger partial charge in [0.15, 0.2) is 0 Å². The van der Waals surface area contributed by atoms with E-state index in [9.17, 15) is 20.1 Å². The van der Waals surface area contributed by atoms with Gasteiger partial charge in [0.05, 0.1) is 31.3 Å². The van der Waals surface area contributed by atoms with Gasteiger partial charge < -0.3 is 20.6 Å². The predicted molar refractivity (Wildman–Crippen MR) is 218 cm³/mol. The number of aliphatic hydroxyl groups excluding tert-OH is 3. The number of carbonyl (C=O) groups excluding carboxylic acids is 1. The van der Waals surface area contributed by atoms with Gasteiger partial charge in [-0.05, 0) is 39.0 Å². The smallest absolute Gasteiger partial charge is 0.222 e. The molecule has 0 bridgehead atoms. The number of hydrogen-bond donors (Lipinski definition) is 4. The molecule has 4 N–H and O–H groups in total. The van der Waals surface area contributed by atoms with Crippen molar-refractivity contribution in [2.45, 2.75) is 238 Å². The van der Waals surface area contributed by atoms with Gasteiger partial charge in [-0.25, -0.2) is 0 Å². The summed E-state index contributed by atoms with van der Waals surface area (Å²) in [5.74, 6) is -0.331. The van der Waals surface area contributed by atoms with Crippen LogP contribution in [0.3, 0.4) is 0 Å². The van der Waals surface area contributed by atoms with Crippen molar-refractivity contribution in [2.75, 3.05) is 6.61 Å². The zero-order valence-corrected chi connectivity index (χ0v) is 33.3. The number of allylic oxidation sites excluding steroid dienone is 5. The molecule has 50 heavy (non-hydrogen) atoms. The molecule has 0 saturated carbocycles. The topological polar surface area (TPSA) is 89.8 Å². The van der Waals surface area contributed by atoms with Gasteiger partial charge in [-0.2, -0.15) is 0 Å². The quantitative estimate of drug-likeness (QED) is 0.0379. The number of aliphatic hydroxyl groups is 3. The molecular formula is C45H85NO4. The first kappa shape index (κ1) is 48.6. The lowest BCUT2D eigenvalue weighted by Gasteiger charge is -2.21. The first-order valence-corrected chi connectivity index (χ1v) is 21.7. The Kier molecular flexibility index (Phi) is 39.2. The van der Waals surface area contributed by atoms with Crippen LogP contribution >= 0.6 is 0 Å². The van der Waals surface area contributed by atoms with Crippen molar-refractivity contribution >= 4 is 5.91 Å². The highest BCUT2D eigenvalue weighted by molar-refractivity contribution is 5.76. The Morgan fingerprint density at radius 1 is 0.540 bits per heavy atom. The second-order valence-electron chi connectivity index (χ2n) is 15.0. The molecule has 0 aliphatic heterocycles. The molecule has 0 heterocycles. The minimum atomic E-state index is -0.955. The van der Waals surface area contributed by atoms with E-state index < -0.39 is 18.2 Å². The fraction of sp³-hybridized carbons (Fsp3) is 0.844. The number of unbranched alkanes of at least 4 members (excludes halogenated alkanes) is 27. The average molecular weight is 704 g/mol. The van der Waals surface area contributed by atoms with E-state index in [4.69, 9.17) is 0 Å². The highest BCUT2D eigenvalue weighted by Gasteiger charge is 2.20. The zero-order chi connectivity index (χ0) is 36.6. The maximum Gasteiger partial charge on any atom is 0.222 e. The third-order valence-corrected chi connectivity index (χ3v) is 10.0. The summed E-state index contributed by atoms with van der Waals surface area (Å²) in [5.41, 5.74) is 0. The van der Waals surface area contributed by atoms with Gasteiger partial charge in [0.1, 0.15) is 0 Å². The van der Waals surface area contributed by atoms with E-state index in [0.717, 1.165) is 38.5 Å². The van der Waals surface area contributed by atoms with E-state index in [1.807, 2.05) is 13.0 Å². The summed E-state index contributed by atoms with van der Waals surface area (Å²) in [5, 5.41) is 33.0. The third kappa shape index (κ3) is 36.4. The van der Waals surface area contributed by atoms with Gasteiger partial charge in [0, 0.05) is 0 Å². The standard InChI is InChI=1S/C45H85NO4/c1-3-5-7-9-11-13-14-15-16-17-18-19-20-21-22-23-24-25-26-27-28-29-31-32-34-36-38-42(48)40-45(50)46-43(41-47)44(49)39-37-35-33-30-12-10-8-6-4-2/h4,6,12,30,37,39,42-44,47-49H,3,5,7-11,13-29,31-36,38,40-41H2,1-2H3,(H,46,50)/b6-4+,30-12+,39-37+. The Morgan fingerprint density at radius 3 is 1.28 bits per heavy atom. The third-order valence-electron chi connectivity index (χ3n) is 10.0. The van der Waals surface area contributed by atoms with Crippen molar-refractivity contribution in [3.8, 4) is 0 Å². The van der Waals surface area contributed by atoms with Crippen LogP contribution in [0.1, 0.15) is 219 Å². The van der Waals surface area contributed by atoms with E-state index in [2.05, 4.69) is 36.5 Å². The van der Waals surface area contributed by atoms with Crippen LogP contribution in [-0.2, 0) is 4.79 Å². The minimum absolute atomic E-state index is 0.00435. The van der Waals surface area contributed by atoms with Gasteiger partial charge in [-0.3, -0.25) is 4.79 Å². The van der Waals surface area contributed by atoms with E-state index in [0.29, 0.717) is 6.42 Å². The monoisotopic (exact) mass is 704 g/mol. The highest BCUT2D eigenvalue weighted by Crippen LogP contribution is 2.16. The van der Waals surface area contributed by atoms with Crippen LogP contribution in [0.2, 0.25) is 0 Å². The van der Waals surface area contributed by atoms with Gasteiger partial charge in [0.2, 0.25) is 5.91 Å². The lowest BCUT2D eigenvalue weighted by molar-refractivity contribution is -0.124. The van der Waals surface area contributed by atoms with Crippen molar-refractivity contribution < 1.29 is 20.1 Å². The SMILES string of the molecule is C/C=C/CC/C=C/CC/C=C/C(O)C(CO)NC(=O)CC(O)CCCCCCCCCCCCCCCCCCCCCCCCCCCC. The maximum absolute atomic E-state index is 12.4. The first-order valence-electron chi connectivity index (χ1n) is 21.7. The summed E-state index contributed by atoms with van der Waals surface area (Å²) in [6.07, 6.45) is 50.4. The summed E-state index contributed by atoms with van der Waals surface area (Å²) in [6.45, 7) is 3.97. The molecule has 5 heteroatoms. The summed E-state index contributed by atoms with van der Waals surface area (Å²) in [7, 11) is 0. The normalized spacial score (nSPS) is 13.9. The molecule has 0 rings (SSSR count). The van der Waals surface area contributed by atoms with Crippen molar-refractivity contribution in [2.24, 2.45) is 0 Å². The predicted octanol–water partition coefficient (Wildman–Crippen LogP) is 12.4. The molecule has 0 saturated heterocycles. The highest BCUT2D eigenvalue weighted by atomic mass is 16.3. The molecule has 3 atom stereocenters. The Hall–Kier alpha value is -1.43. The molecule has 1 amide bonds. The molecule has 0 aromatic carbocycles. The Balaban J connectivity index is 3.52. The number of rotatable bonds is 39. The maximum atomic E-state index is 12.4. The Labute approximate surface area is 311 Å². The Morgan fingerprint density at radius 2 is 0.900 bits per heavy atom. The number of amides is 1. The summed E-state index contributed by atoms with van der Waals surface area (Å²) in [6, 6.07) is -0.763. The van der Waals surface area contributed by atoms with Crippen molar-refractivity contribution in [3.63, 3.8) is 0 Å². The second-order valence-corrected chi connectivity index (χ2v) is 15.0. The van der Waals surface area contributed by atoms with Crippen LogP contribution in [0.25, 0.3) is 0 Å². The molecule has 0 radical (unpaired) electrons. The minimum Gasteiger partial charge on any atom is -0.394 e. The summed E-state index contributed by atoms with van der Waals surface area (Å²) < 4.78 is 0. The summed E-state index contributed by atoms with van der Waals surface area (Å²) in [4.78, 5) is 12.4. The van der Waals surface area contributed by atoms with E-state index >= 15 is 0 Å². The molecular weight excluding hydrogens is 618 g/mol. The first-order chi connectivity index (χ1) is 24.5. The molecule has 294 valence electrons. The van der Waals surface area contributed by atoms with E-state index in [1.165, 1.54) is 154 Å². The van der Waals surface area contributed by atoms with E-state index in [1.54, 1.807) is 6.08 Å². The van der Waals surface area contributed by atoms with Crippen molar-refractivity contribution in [1.29, 1.82) is 0 Å². The average Bonchev–Trinajstić information content (AvgIpc) is 3.11. The van der Waals surface area contributed by atoms with Crippen LogP contribution in [0.5, 0.6) is 0 Å². The number of carbonyl (C=O) groups is 1. The van der Waals surface area contributed by atoms with Crippen LogP contribution in [0, 0.1) is 0 Å².